The maximum Gasteiger partial charge on any atom is 0.289 e. The lowest BCUT2D eigenvalue weighted by Crippen LogP contribution is -2.48. The van der Waals surface area contributed by atoms with Gasteiger partial charge in [0.15, 0.2) is 5.76 Å². The fourth-order valence-electron chi connectivity index (χ4n) is 4.13. The molecular weight excluding hydrogens is 338 g/mol. The zero-order chi connectivity index (χ0) is 18.6. The van der Waals surface area contributed by atoms with Crippen LogP contribution >= 0.6 is 0 Å². The Morgan fingerprint density at radius 3 is 2.52 bits per heavy atom. The van der Waals surface area contributed by atoms with Gasteiger partial charge in [0.1, 0.15) is 5.76 Å². The molecule has 0 bridgehead atoms. The minimum absolute atomic E-state index is 0.0291. The molecule has 1 aromatic carbocycles. The maximum absolute atomic E-state index is 12.7. The Morgan fingerprint density at radius 1 is 0.963 bits per heavy atom. The fraction of sp³-hybridized carbons (Fsp3) is 0.500. The maximum atomic E-state index is 12.7. The number of furan rings is 1. The number of amides is 1. The summed E-state index contributed by atoms with van der Waals surface area (Å²) >= 11 is 0. The van der Waals surface area contributed by atoms with E-state index in [1.807, 2.05) is 17.0 Å². The van der Waals surface area contributed by atoms with Gasteiger partial charge in [-0.3, -0.25) is 14.6 Å². The van der Waals surface area contributed by atoms with Crippen LogP contribution in [0.2, 0.25) is 0 Å². The number of carbonyl (C=O) groups excluding carboxylic acids is 1. The van der Waals surface area contributed by atoms with Crippen LogP contribution in [0.5, 0.6) is 0 Å². The highest BCUT2D eigenvalue weighted by Crippen LogP contribution is 2.21. The summed E-state index contributed by atoms with van der Waals surface area (Å²) in [4.78, 5) is 19.5. The van der Waals surface area contributed by atoms with E-state index in [0.29, 0.717) is 5.76 Å². The highest BCUT2D eigenvalue weighted by atomic mass is 16.4. The van der Waals surface area contributed by atoms with E-state index in [4.69, 9.17) is 4.42 Å². The average Bonchev–Trinajstić information content (AvgIpc) is 3.17. The molecular formula is C22H29N3O2. The molecule has 2 aliphatic heterocycles. The van der Waals surface area contributed by atoms with Crippen molar-refractivity contribution in [2.75, 3.05) is 39.3 Å². The SMILES string of the molecule is CCCN1CCN(C(=O)c2ccc(CN3CCc4ccccc4C3)o2)CC1. The molecule has 0 aliphatic carbocycles. The number of fused-ring (bicyclic) bond motifs is 1. The third-order valence-corrected chi connectivity index (χ3v) is 5.66. The molecule has 0 N–H and O–H groups in total. The first-order valence-corrected chi connectivity index (χ1v) is 10.1. The highest BCUT2D eigenvalue weighted by Gasteiger charge is 2.24. The van der Waals surface area contributed by atoms with Crippen molar-refractivity contribution in [2.24, 2.45) is 0 Å². The van der Waals surface area contributed by atoms with Crippen molar-refractivity contribution < 1.29 is 9.21 Å². The summed E-state index contributed by atoms with van der Waals surface area (Å²) in [7, 11) is 0. The molecule has 5 heteroatoms. The molecule has 144 valence electrons. The summed E-state index contributed by atoms with van der Waals surface area (Å²) < 4.78 is 5.92. The monoisotopic (exact) mass is 367 g/mol. The third-order valence-electron chi connectivity index (χ3n) is 5.66. The zero-order valence-corrected chi connectivity index (χ0v) is 16.2. The molecule has 4 rings (SSSR count). The summed E-state index contributed by atoms with van der Waals surface area (Å²) in [6.45, 7) is 9.54. The number of nitrogens with zero attached hydrogens (tertiary/aromatic N) is 3. The predicted octanol–water partition coefficient (Wildman–Crippen LogP) is 3.01. The Kier molecular flexibility index (Phi) is 5.60. The lowest BCUT2D eigenvalue weighted by molar-refractivity contribution is 0.0603. The van der Waals surface area contributed by atoms with Crippen molar-refractivity contribution >= 4 is 5.91 Å². The van der Waals surface area contributed by atoms with Crippen LogP contribution < -0.4 is 0 Å². The van der Waals surface area contributed by atoms with Gasteiger partial charge in [0.05, 0.1) is 6.54 Å². The smallest absolute Gasteiger partial charge is 0.289 e. The van der Waals surface area contributed by atoms with E-state index < -0.39 is 0 Å². The van der Waals surface area contributed by atoms with Gasteiger partial charge in [0.25, 0.3) is 5.91 Å². The molecule has 2 aromatic rings. The second kappa shape index (κ2) is 8.28. The first-order chi connectivity index (χ1) is 13.2. The summed E-state index contributed by atoms with van der Waals surface area (Å²) in [6, 6.07) is 12.4. The Hall–Kier alpha value is -2.11. The Balaban J connectivity index is 1.33. The second-order valence-electron chi connectivity index (χ2n) is 7.63. The predicted molar refractivity (Wildman–Crippen MR) is 106 cm³/mol. The minimum Gasteiger partial charge on any atom is -0.455 e. The van der Waals surface area contributed by atoms with E-state index >= 15 is 0 Å². The largest absolute Gasteiger partial charge is 0.455 e. The van der Waals surface area contributed by atoms with Crippen LogP contribution in [0.25, 0.3) is 0 Å². The molecule has 1 aromatic heterocycles. The number of carbonyl (C=O) groups is 1. The first kappa shape index (κ1) is 18.3. The highest BCUT2D eigenvalue weighted by molar-refractivity contribution is 5.91. The molecule has 27 heavy (non-hydrogen) atoms. The van der Waals surface area contributed by atoms with E-state index in [1.165, 1.54) is 11.1 Å². The van der Waals surface area contributed by atoms with Crippen molar-refractivity contribution in [3.8, 4) is 0 Å². The van der Waals surface area contributed by atoms with E-state index in [-0.39, 0.29) is 5.91 Å². The fourth-order valence-corrected chi connectivity index (χ4v) is 4.13. The number of benzene rings is 1. The van der Waals surface area contributed by atoms with Gasteiger partial charge in [-0.1, -0.05) is 31.2 Å². The summed E-state index contributed by atoms with van der Waals surface area (Å²) in [6.07, 6.45) is 2.24. The Morgan fingerprint density at radius 2 is 1.74 bits per heavy atom. The summed E-state index contributed by atoms with van der Waals surface area (Å²) in [5, 5.41) is 0. The van der Waals surface area contributed by atoms with Gasteiger partial charge in [-0.15, -0.1) is 0 Å². The number of hydrogen-bond acceptors (Lipinski definition) is 4. The van der Waals surface area contributed by atoms with Crippen LogP contribution in [0.15, 0.2) is 40.8 Å². The van der Waals surface area contributed by atoms with Crippen molar-refractivity contribution in [1.29, 1.82) is 0 Å². The van der Waals surface area contributed by atoms with Crippen molar-refractivity contribution in [1.82, 2.24) is 14.7 Å². The summed E-state index contributed by atoms with van der Waals surface area (Å²) in [5.41, 5.74) is 2.85. The van der Waals surface area contributed by atoms with Crippen LogP contribution in [-0.4, -0.2) is 59.9 Å². The van der Waals surface area contributed by atoms with Gasteiger partial charge < -0.3 is 9.32 Å². The normalized spacial score (nSPS) is 18.5. The summed E-state index contributed by atoms with van der Waals surface area (Å²) in [5.74, 6) is 1.38. The molecule has 0 radical (unpaired) electrons. The Bertz CT molecular complexity index is 777. The standard InChI is InChI=1S/C22H29N3O2/c1-2-10-23-12-14-25(15-13-23)22(26)21-8-7-20(27-21)17-24-11-9-18-5-3-4-6-19(18)16-24/h3-8H,2,9-17H2,1H3. The van der Waals surface area contributed by atoms with Gasteiger partial charge in [-0.2, -0.15) is 0 Å². The lowest BCUT2D eigenvalue weighted by atomic mass is 10.00. The molecule has 0 spiro atoms. The van der Waals surface area contributed by atoms with E-state index in [1.54, 1.807) is 0 Å². The molecule has 1 fully saturated rings. The van der Waals surface area contributed by atoms with Gasteiger partial charge in [-0.25, -0.2) is 0 Å². The van der Waals surface area contributed by atoms with Crippen LogP contribution in [0.4, 0.5) is 0 Å². The van der Waals surface area contributed by atoms with Crippen LogP contribution in [0.3, 0.4) is 0 Å². The number of rotatable bonds is 5. The molecule has 1 amide bonds. The zero-order valence-electron chi connectivity index (χ0n) is 16.2. The van der Waals surface area contributed by atoms with Crippen LogP contribution in [0.1, 0.15) is 40.8 Å². The molecule has 0 atom stereocenters. The third kappa shape index (κ3) is 4.25. The molecule has 2 aliphatic rings. The quantitative estimate of drug-likeness (QED) is 0.815. The molecule has 1 saturated heterocycles. The average molecular weight is 367 g/mol. The number of piperazine rings is 1. The van der Waals surface area contributed by atoms with Crippen LogP contribution in [0, 0.1) is 0 Å². The molecule has 3 heterocycles. The van der Waals surface area contributed by atoms with Gasteiger partial charge in [0, 0.05) is 39.3 Å². The second-order valence-corrected chi connectivity index (χ2v) is 7.63. The molecule has 0 saturated carbocycles. The first-order valence-electron chi connectivity index (χ1n) is 10.1. The topological polar surface area (TPSA) is 39.9 Å². The van der Waals surface area contributed by atoms with Crippen molar-refractivity contribution in [3.05, 3.63) is 59.0 Å². The Labute approximate surface area is 161 Å². The van der Waals surface area contributed by atoms with E-state index in [2.05, 4.69) is 41.0 Å². The van der Waals surface area contributed by atoms with Crippen molar-refractivity contribution in [2.45, 2.75) is 32.9 Å². The van der Waals surface area contributed by atoms with Crippen LogP contribution in [-0.2, 0) is 19.5 Å². The van der Waals surface area contributed by atoms with Gasteiger partial charge in [-0.05, 0) is 42.6 Å². The lowest BCUT2D eigenvalue weighted by Gasteiger charge is -2.34. The van der Waals surface area contributed by atoms with Gasteiger partial charge in [0.2, 0.25) is 0 Å². The molecule has 5 nitrogen and oxygen atoms in total. The molecule has 0 unspecified atom stereocenters. The van der Waals surface area contributed by atoms with Crippen molar-refractivity contribution in [3.63, 3.8) is 0 Å². The van der Waals surface area contributed by atoms with E-state index in [0.717, 1.165) is 71.0 Å². The number of hydrogen-bond donors (Lipinski definition) is 0. The van der Waals surface area contributed by atoms with E-state index in [9.17, 15) is 4.79 Å². The van der Waals surface area contributed by atoms with Gasteiger partial charge >= 0.3 is 0 Å². The minimum atomic E-state index is 0.0291.